The second kappa shape index (κ2) is 4.51. The first kappa shape index (κ1) is 11.9. The Hall–Kier alpha value is -2.14. The van der Waals surface area contributed by atoms with Crippen LogP contribution in [0.25, 0.3) is 0 Å². The average Bonchev–Trinajstić information content (AvgIpc) is 2.98. The zero-order chi connectivity index (χ0) is 13.4. The van der Waals surface area contributed by atoms with E-state index in [0.29, 0.717) is 29.4 Å². The van der Waals surface area contributed by atoms with Gasteiger partial charge in [-0.05, 0) is 24.3 Å². The zero-order valence-electron chi connectivity index (χ0n) is 9.91. The molecule has 0 N–H and O–H groups in total. The van der Waals surface area contributed by atoms with E-state index >= 15 is 0 Å². The van der Waals surface area contributed by atoms with E-state index in [1.165, 1.54) is 11.0 Å². The first-order valence-electron chi connectivity index (χ1n) is 5.80. The van der Waals surface area contributed by atoms with E-state index in [0.717, 1.165) is 0 Å². The van der Waals surface area contributed by atoms with E-state index in [9.17, 15) is 9.59 Å². The van der Waals surface area contributed by atoms with E-state index in [1.54, 1.807) is 23.0 Å². The van der Waals surface area contributed by atoms with Crippen LogP contribution in [0, 0.1) is 0 Å². The molecule has 2 heterocycles. The lowest BCUT2D eigenvalue weighted by Gasteiger charge is -2.16. The molecular weight excluding hydrogens is 266 g/mol. The summed E-state index contributed by atoms with van der Waals surface area (Å²) in [5.74, 6) is -1.01. The molecule has 2 aromatic rings. The minimum Gasteiger partial charge on any atom is -0.303 e. The van der Waals surface area contributed by atoms with Gasteiger partial charge in [0, 0.05) is 24.0 Å². The quantitative estimate of drug-likeness (QED) is 0.802. The number of hydrogen-bond donors (Lipinski definition) is 0. The van der Waals surface area contributed by atoms with Crippen molar-refractivity contribution in [3.8, 4) is 0 Å². The molecule has 0 saturated carbocycles. The largest absolute Gasteiger partial charge is 0.303 e. The number of carbonyl (C=O) groups excluding carboxylic acids is 2. The second-order valence-electron chi connectivity index (χ2n) is 4.22. The van der Waals surface area contributed by atoms with Crippen molar-refractivity contribution in [1.29, 1.82) is 0 Å². The van der Waals surface area contributed by atoms with Gasteiger partial charge >= 0.3 is 0 Å². The maximum absolute atomic E-state index is 11.9. The summed E-state index contributed by atoms with van der Waals surface area (Å²) in [5.41, 5.74) is 0.990. The molecule has 0 saturated heterocycles. The van der Waals surface area contributed by atoms with E-state index in [1.807, 2.05) is 12.3 Å². The number of Topliss-reactive ketones (excluding diaryl/α,β-unsaturated/α-hetero) is 1. The summed E-state index contributed by atoms with van der Waals surface area (Å²) in [6.45, 7) is 0.939. The SMILES string of the molecule is O=C1C(=O)N(CCn2cccn2)c2ccc(Cl)cc21. The number of nitrogens with zero attached hydrogens (tertiary/aromatic N) is 3. The molecule has 96 valence electrons. The van der Waals surface area contributed by atoms with Crippen LogP contribution in [0.4, 0.5) is 5.69 Å². The highest BCUT2D eigenvalue weighted by Crippen LogP contribution is 2.30. The first-order chi connectivity index (χ1) is 9.16. The first-order valence-corrected chi connectivity index (χ1v) is 6.18. The number of fused-ring (bicyclic) bond motifs is 1. The van der Waals surface area contributed by atoms with Crippen molar-refractivity contribution >= 4 is 29.0 Å². The number of aromatic nitrogens is 2. The van der Waals surface area contributed by atoms with Gasteiger partial charge in [0.1, 0.15) is 0 Å². The van der Waals surface area contributed by atoms with E-state index < -0.39 is 11.7 Å². The summed E-state index contributed by atoms with van der Waals surface area (Å²) >= 11 is 5.85. The van der Waals surface area contributed by atoms with Crippen LogP contribution in [-0.4, -0.2) is 28.0 Å². The molecule has 19 heavy (non-hydrogen) atoms. The molecule has 0 atom stereocenters. The molecule has 0 radical (unpaired) electrons. The highest BCUT2D eigenvalue weighted by atomic mass is 35.5. The lowest BCUT2D eigenvalue weighted by Crippen LogP contribution is -2.32. The molecule has 1 aliphatic rings. The van der Waals surface area contributed by atoms with Crippen molar-refractivity contribution in [3.05, 3.63) is 47.2 Å². The van der Waals surface area contributed by atoms with Gasteiger partial charge in [-0.3, -0.25) is 14.3 Å². The maximum atomic E-state index is 11.9. The van der Waals surface area contributed by atoms with Gasteiger partial charge in [-0.15, -0.1) is 0 Å². The molecule has 3 rings (SSSR count). The Balaban J connectivity index is 1.87. The van der Waals surface area contributed by atoms with Crippen molar-refractivity contribution in [2.45, 2.75) is 6.54 Å². The van der Waals surface area contributed by atoms with Gasteiger partial charge in [0.15, 0.2) is 0 Å². The van der Waals surface area contributed by atoms with Crippen LogP contribution in [0.1, 0.15) is 10.4 Å². The Labute approximate surface area is 114 Å². The molecular formula is C13H10ClN3O2. The Kier molecular flexibility index (Phi) is 2.83. The molecule has 0 spiro atoms. The number of amides is 1. The minimum absolute atomic E-state index is 0.373. The smallest absolute Gasteiger partial charge is 0.299 e. The Bertz CT molecular complexity index is 652. The summed E-state index contributed by atoms with van der Waals surface area (Å²) in [5, 5.41) is 4.52. The van der Waals surface area contributed by atoms with Gasteiger partial charge in [0.2, 0.25) is 0 Å². The third-order valence-corrected chi connectivity index (χ3v) is 3.28. The molecule has 0 fully saturated rings. The van der Waals surface area contributed by atoms with Gasteiger partial charge in [0.05, 0.1) is 17.8 Å². The second-order valence-corrected chi connectivity index (χ2v) is 4.65. The van der Waals surface area contributed by atoms with E-state index in [2.05, 4.69) is 5.10 Å². The fraction of sp³-hybridized carbons (Fsp3) is 0.154. The summed E-state index contributed by atoms with van der Waals surface area (Å²) in [6.07, 6.45) is 3.48. The predicted molar refractivity (Wildman–Crippen MR) is 70.4 cm³/mol. The number of halogens is 1. The molecule has 0 unspecified atom stereocenters. The Morgan fingerprint density at radius 2 is 2.05 bits per heavy atom. The third kappa shape index (κ3) is 2.02. The molecule has 1 aliphatic heterocycles. The molecule has 1 amide bonds. The molecule has 1 aromatic heterocycles. The summed E-state index contributed by atoms with van der Waals surface area (Å²) in [4.78, 5) is 25.3. The summed E-state index contributed by atoms with van der Waals surface area (Å²) in [7, 11) is 0. The van der Waals surface area contributed by atoms with Gasteiger partial charge in [0.25, 0.3) is 11.7 Å². The van der Waals surface area contributed by atoms with Gasteiger partial charge in [-0.2, -0.15) is 5.10 Å². The highest BCUT2D eigenvalue weighted by molar-refractivity contribution is 6.52. The fourth-order valence-corrected chi connectivity index (χ4v) is 2.30. The van der Waals surface area contributed by atoms with E-state index in [4.69, 9.17) is 11.6 Å². The van der Waals surface area contributed by atoms with Crippen molar-refractivity contribution in [1.82, 2.24) is 9.78 Å². The Morgan fingerprint density at radius 1 is 1.21 bits per heavy atom. The standard InChI is InChI=1S/C13H10ClN3O2/c14-9-2-3-11-10(8-9)12(18)13(19)17(11)7-6-16-5-1-4-15-16/h1-5,8H,6-7H2. The normalized spacial score (nSPS) is 14.1. The van der Waals surface area contributed by atoms with Crippen LogP contribution in [0.5, 0.6) is 0 Å². The van der Waals surface area contributed by atoms with Crippen LogP contribution < -0.4 is 4.90 Å². The highest BCUT2D eigenvalue weighted by Gasteiger charge is 2.35. The summed E-state index contributed by atoms with van der Waals surface area (Å²) in [6, 6.07) is 6.71. The molecule has 5 nitrogen and oxygen atoms in total. The fourth-order valence-electron chi connectivity index (χ4n) is 2.13. The molecule has 1 aromatic carbocycles. The van der Waals surface area contributed by atoms with Gasteiger partial charge in [-0.25, -0.2) is 0 Å². The molecule has 0 aliphatic carbocycles. The van der Waals surface area contributed by atoms with Crippen LogP contribution in [0.2, 0.25) is 5.02 Å². The number of anilines is 1. The summed E-state index contributed by atoms with van der Waals surface area (Å²) < 4.78 is 1.71. The van der Waals surface area contributed by atoms with Gasteiger partial charge in [-0.1, -0.05) is 11.6 Å². The van der Waals surface area contributed by atoms with E-state index in [-0.39, 0.29) is 0 Å². The average molecular weight is 276 g/mol. The zero-order valence-corrected chi connectivity index (χ0v) is 10.7. The number of carbonyl (C=O) groups is 2. The number of ketones is 1. The minimum atomic E-state index is -0.510. The number of hydrogen-bond acceptors (Lipinski definition) is 3. The van der Waals surface area contributed by atoms with Crippen molar-refractivity contribution in [3.63, 3.8) is 0 Å². The van der Waals surface area contributed by atoms with Crippen LogP contribution >= 0.6 is 11.6 Å². The van der Waals surface area contributed by atoms with Crippen molar-refractivity contribution in [2.24, 2.45) is 0 Å². The third-order valence-electron chi connectivity index (χ3n) is 3.05. The lowest BCUT2D eigenvalue weighted by molar-refractivity contribution is -0.114. The van der Waals surface area contributed by atoms with Crippen molar-refractivity contribution < 1.29 is 9.59 Å². The van der Waals surface area contributed by atoms with Crippen LogP contribution in [0.3, 0.4) is 0 Å². The van der Waals surface area contributed by atoms with Gasteiger partial charge < -0.3 is 4.90 Å². The maximum Gasteiger partial charge on any atom is 0.299 e. The van der Waals surface area contributed by atoms with Crippen LogP contribution in [-0.2, 0) is 11.3 Å². The Morgan fingerprint density at radius 3 is 2.79 bits per heavy atom. The monoisotopic (exact) mass is 275 g/mol. The van der Waals surface area contributed by atoms with Crippen molar-refractivity contribution in [2.75, 3.05) is 11.4 Å². The molecule has 0 bridgehead atoms. The number of rotatable bonds is 3. The topological polar surface area (TPSA) is 55.2 Å². The van der Waals surface area contributed by atoms with Crippen LogP contribution in [0.15, 0.2) is 36.7 Å². The number of benzene rings is 1. The predicted octanol–water partition coefficient (Wildman–Crippen LogP) is 1.77. The molecule has 6 heteroatoms. The lowest BCUT2D eigenvalue weighted by atomic mass is 10.1.